The number of rotatable bonds is 3. The fourth-order valence-corrected chi connectivity index (χ4v) is 3.04. The molecule has 1 aromatic heterocycles. The van der Waals surface area contributed by atoms with E-state index < -0.39 is 0 Å². The molecule has 0 unspecified atom stereocenters. The van der Waals surface area contributed by atoms with Crippen molar-refractivity contribution in [1.29, 1.82) is 0 Å². The zero-order chi connectivity index (χ0) is 14.8. The Hall–Kier alpha value is -2.17. The van der Waals surface area contributed by atoms with Crippen LogP contribution in [0, 0.1) is 11.7 Å². The standard InChI is InChI=1S/C16H18FN3O/c17-12-1-2-13-14(10-12)19-6-3-15(13)20-7-4-11(5-8-20)9-16(18)21/h1-3,6,10-11H,4-5,7-9H2,(H2,18,21). The molecule has 1 aliphatic rings. The highest BCUT2D eigenvalue weighted by Gasteiger charge is 2.22. The number of piperidine rings is 1. The summed E-state index contributed by atoms with van der Waals surface area (Å²) in [5.74, 6) is -0.116. The molecule has 3 rings (SSSR count). The SMILES string of the molecule is NC(=O)CC1CCN(c2ccnc3cc(F)ccc23)CC1. The number of halogens is 1. The Balaban J connectivity index is 1.81. The van der Waals surface area contributed by atoms with Crippen molar-refractivity contribution in [2.24, 2.45) is 11.7 Å². The number of carbonyl (C=O) groups excluding carboxylic acids is 1. The van der Waals surface area contributed by atoms with Crippen LogP contribution in [0.2, 0.25) is 0 Å². The number of anilines is 1. The van der Waals surface area contributed by atoms with Crippen molar-refractivity contribution in [3.8, 4) is 0 Å². The predicted octanol–water partition coefficient (Wildman–Crippen LogP) is 2.47. The molecular weight excluding hydrogens is 269 g/mol. The van der Waals surface area contributed by atoms with E-state index in [9.17, 15) is 9.18 Å². The van der Waals surface area contributed by atoms with Crippen LogP contribution in [-0.2, 0) is 4.79 Å². The number of carbonyl (C=O) groups is 1. The van der Waals surface area contributed by atoms with Gasteiger partial charge in [-0.15, -0.1) is 0 Å². The summed E-state index contributed by atoms with van der Waals surface area (Å²) in [4.78, 5) is 17.5. The Morgan fingerprint density at radius 2 is 2.10 bits per heavy atom. The topological polar surface area (TPSA) is 59.2 Å². The molecule has 0 aliphatic carbocycles. The quantitative estimate of drug-likeness (QED) is 0.943. The molecule has 0 bridgehead atoms. The number of nitrogens with zero attached hydrogens (tertiary/aromatic N) is 2. The molecule has 2 aromatic rings. The third-order valence-corrected chi connectivity index (χ3v) is 4.13. The maximum Gasteiger partial charge on any atom is 0.217 e. The lowest BCUT2D eigenvalue weighted by Gasteiger charge is -2.33. The molecule has 1 aromatic carbocycles. The highest BCUT2D eigenvalue weighted by atomic mass is 19.1. The van der Waals surface area contributed by atoms with Crippen LogP contribution in [0.25, 0.3) is 10.9 Å². The number of pyridine rings is 1. The van der Waals surface area contributed by atoms with Crippen molar-refractivity contribution in [3.63, 3.8) is 0 Å². The largest absolute Gasteiger partial charge is 0.371 e. The van der Waals surface area contributed by atoms with Gasteiger partial charge in [0.2, 0.25) is 5.91 Å². The molecule has 1 fully saturated rings. The van der Waals surface area contributed by atoms with Gasteiger partial charge < -0.3 is 10.6 Å². The van der Waals surface area contributed by atoms with Crippen LogP contribution in [0.15, 0.2) is 30.5 Å². The van der Waals surface area contributed by atoms with E-state index in [-0.39, 0.29) is 11.7 Å². The molecule has 1 saturated heterocycles. The summed E-state index contributed by atoms with van der Waals surface area (Å²) >= 11 is 0. The van der Waals surface area contributed by atoms with Gasteiger partial charge in [-0.1, -0.05) is 0 Å². The molecule has 2 heterocycles. The number of primary amides is 1. The summed E-state index contributed by atoms with van der Waals surface area (Å²) in [5, 5.41) is 0.965. The second kappa shape index (κ2) is 5.68. The molecule has 5 heteroatoms. The van der Waals surface area contributed by atoms with Gasteiger partial charge in [0.05, 0.1) is 5.52 Å². The Bertz CT molecular complexity index is 666. The molecule has 2 N–H and O–H groups in total. The Labute approximate surface area is 122 Å². The molecule has 4 nitrogen and oxygen atoms in total. The van der Waals surface area contributed by atoms with Gasteiger partial charge in [0, 0.05) is 42.8 Å². The van der Waals surface area contributed by atoms with Crippen LogP contribution in [0.5, 0.6) is 0 Å². The second-order valence-corrected chi connectivity index (χ2v) is 5.59. The van der Waals surface area contributed by atoms with Crippen molar-refractivity contribution < 1.29 is 9.18 Å². The first-order valence-electron chi connectivity index (χ1n) is 7.21. The molecule has 110 valence electrons. The highest BCUT2D eigenvalue weighted by Crippen LogP contribution is 2.30. The van der Waals surface area contributed by atoms with E-state index in [0.29, 0.717) is 17.9 Å². The number of amides is 1. The highest BCUT2D eigenvalue weighted by molar-refractivity contribution is 5.91. The van der Waals surface area contributed by atoms with Crippen molar-refractivity contribution in [2.75, 3.05) is 18.0 Å². The maximum atomic E-state index is 13.3. The van der Waals surface area contributed by atoms with E-state index in [1.165, 1.54) is 12.1 Å². The average Bonchev–Trinajstić information content (AvgIpc) is 2.46. The molecule has 0 atom stereocenters. The molecule has 0 saturated carbocycles. The van der Waals surface area contributed by atoms with Crippen molar-refractivity contribution >= 4 is 22.5 Å². The van der Waals surface area contributed by atoms with E-state index in [1.807, 2.05) is 6.07 Å². The van der Waals surface area contributed by atoms with Crippen molar-refractivity contribution in [3.05, 3.63) is 36.3 Å². The van der Waals surface area contributed by atoms with Crippen LogP contribution < -0.4 is 10.6 Å². The van der Waals surface area contributed by atoms with E-state index in [1.54, 1.807) is 12.3 Å². The number of benzene rings is 1. The first kappa shape index (κ1) is 13.8. The number of fused-ring (bicyclic) bond motifs is 1. The number of nitrogens with two attached hydrogens (primary N) is 1. The summed E-state index contributed by atoms with van der Waals surface area (Å²) < 4.78 is 13.3. The summed E-state index contributed by atoms with van der Waals surface area (Å²) in [6.07, 6.45) is 4.09. The lowest BCUT2D eigenvalue weighted by atomic mass is 9.93. The summed E-state index contributed by atoms with van der Waals surface area (Å²) in [5.41, 5.74) is 7.02. The smallest absolute Gasteiger partial charge is 0.217 e. The van der Waals surface area contributed by atoms with Gasteiger partial charge in [-0.25, -0.2) is 4.39 Å². The third kappa shape index (κ3) is 2.96. The molecular formula is C16H18FN3O. The predicted molar refractivity (Wildman–Crippen MR) is 80.4 cm³/mol. The first-order chi connectivity index (χ1) is 10.1. The second-order valence-electron chi connectivity index (χ2n) is 5.59. The minimum absolute atomic E-state index is 0.224. The zero-order valence-electron chi connectivity index (χ0n) is 11.8. The third-order valence-electron chi connectivity index (χ3n) is 4.13. The van der Waals surface area contributed by atoms with Crippen LogP contribution in [0.4, 0.5) is 10.1 Å². The van der Waals surface area contributed by atoms with Crippen LogP contribution >= 0.6 is 0 Å². The van der Waals surface area contributed by atoms with E-state index >= 15 is 0 Å². The zero-order valence-corrected chi connectivity index (χ0v) is 11.8. The summed E-state index contributed by atoms with van der Waals surface area (Å²) in [6, 6.07) is 6.67. The monoisotopic (exact) mass is 287 g/mol. The summed E-state index contributed by atoms with van der Waals surface area (Å²) in [7, 11) is 0. The minimum atomic E-state index is -0.271. The van der Waals surface area contributed by atoms with Crippen molar-refractivity contribution in [2.45, 2.75) is 19.3 Å². The van der Waals surface area contributed by atoms with Gasteiger partial charge in [0.1, 0.15) is 5.82 Å². The summed E-state index contributed by atoms with van der Waals surface area (Å²) in [6.45, 7) is 1.77. The van der Waals surface area contributed by atoms with Gasteiger partial charge in [-0.05, 0) is 37.0 Å². The molecule has 0 spiro atoms. The van der Waals surface area contributed by atoms with Gasteiger partial charge in [0.15, 0.2) is 0 Å². The Morgan fingerprint density at radius 3 is 2.81 bits per heavy atom. The lowest BCUT2D eigenvalue weighted by molar-refractivity contribution is -0.119. The average molecular weight is 287 g/mol. The van der Waals surface area contributed by atoms with Crippen LogP contribution in [0.1, 0.15) is 19.3 Å². The minimum Gasteiger partial charge on any atom is -0.371 e. The maximum absolute atomic E-state index is 13.3. The molecule has 1 amide bonds. The number of hydrogen-bond donors (Lipinski definition) is 1. The fraction of sp³-hybridized carbons (Fsp3) is 0.375. The van der Waals surface area contributed by atoms with Gasteiger partial charge in [-0.3, -0.25) is 9.78 Å². The molecule has 1 aliphatic heterocycles. The first-order valence-corrected chi connectivity index (χ1v) is 7.21. The van der Waals surface area contributed by atoms with Gasteiger partial charge >= 0.3 is 0 Å². The van der Waals surface area contributed by atoms with Crippen LogP contribution in [0.3, 0.4) is 0 Å². The molecule has 0 radical (unpaired) electrons. The van der Waals surface area contributed by atoms with Crippen LogP contribution in [-0.4, -0.2) is 24.0 Å². The molecule has 21 heavy (non-hydrogen) atoms. The van der Waals surface area contributed by atoms with E-state index in [4.69, 9.17) is 5.73 Å². The van der Waals surface area contributed by atoms with Gasteiger partial charge in [-0.2, -0.15) is 0 Å². The van der Waals surface area contributed by atoms with Gasteiger partial charge in [0.25, 0.3) is 0 Å². The Morgan fingerprint density at radius 1 is 1.33 bits per heavy atom. The van der Waals surface area contributed by atoms with E-state index in [0.717, 1.165) is 37.0 Å². The lowest BCUT2D eigenvalue weighted by Crippen LogP contribution is -2.35. The number of aromatic nitrogens is 1. The van der Waals surface area contributed by atoms with E-state index in [2.05, 4.69) is 9.88 Å². The Kier molecular flexibility index (Phi) is 3.73. The fourth-order valence-electron chi connectivity index (χ4n) is 3.04. The van der Waals surface area contributed by atoms with Crippen molar-refractivity contribution in [1.82, 2.24) is 4.98 Å². The number of hydrogen-bond acceptors (Lipinski definition) is 3. The normalized spacial score (nSPS) is 16.3.